The van der Waals surface area contributed by atoms with Gasteiger partial charge in [-0.1, -0.05) is 5.16 Å². The van der Waals surface area contributed by atoms with Gasteiger partial charge in [0.1, 0.15) is 12.0 Å². The third-order valence-corrected chi connectivity index (χ3v) is 5.01. The van der Waals surface area contributed by atoms with Crippen LogP contribution in [0.25, 0.3) is 0 Å². The van der Waals surface area contributed by atoms with Gasteiger partial charge in [0.2, 0.25) is 10.0 Å². The van der Waals surface area contributed by atoms with Crippen molar-refractivity contribution in [3.05, 3.63) is 18.0 Å². The van der Waals surface area contributed by atoms with Gasteiger partial charge in [-0.15, -0.1) is 0 Å². The van der Waals surface area contributed by atoms with E-state index in [9.17, 15) is 13.5 Å². The first-order valence-electron chi connectivity index (χ1n) is 5.92. The van der Waals surface area contributed by atoms with Crippen molar-refractivity contribution >= 4 is 10.0 Å². The molecule has 6 nitrogen and oxygen atoms in total. The quantitative estimate of drug-likeness (QED) is 0.875. The predicted octanol–water partition coefficient (Wildman–Crippen LogP) is 0.740. The maximum Gasteiger partial charge on any atom is 0.220 e. The Balaban J connectivity index is 2.19. The third-order valence-electron chi connectivity index (χ3n) is 3.20. The summed E-state index contributed by atoms with van der Waals surface area (Å²) < 4.78 is 30.6. The Morgan fingerprint density at radius 1 is 1.61 bits per heavy atom. The normalized spacial score (nSPS) is 22.5. The fraction of sp³-hybridized carbons (Fsp3) is 0.727. The molecule has 2 rings (SSSR count). The van der Waals surface area contributed by atoms with Crippen LogP contribution in [-0.4, -0.2) is 41.2 Å². The molecule has 0 saturated carbocycles. The van der Waals surface area contributed by atoms with Crippen molar-refractivity contribution in [1.29, 1.82) is 0 Å². The lowest BCUT2D eigenvalue weighted by molar-refractivity contribution is 0.0214. The maximum atomic E-state index is 12.3. The van der Waals surface area contributed by atoms with Crippen LogP contribution in [0, 0.1) is 0 Å². The molecule has 1 aliphatic heterocycles. The molecule has 0 aliphatic carbocycles. The van der Waals surface area contributed by atoms with Crippen molar-refractivity contribution in [2.75, 3.05) is 6.54 Å². The SMILES string of the molecule is CC(C)(O)C1CCCN1S(=O)(=O)Cc1ccon1. The molecule has 0 amide bonds. The Morgan fingerprint density at radius 3 is 2.89 bits per heavy atom. The molecule has 0 spiro atoms. The summed E-state index contributed by atoms with van der Waals surface area (Å²) in [6.45, 7) is 3.73. The fourth-order valence-corrected chi connectivity index (χ4v) is 4.21. The molecule has 0 radical (unpaired) electrons. The van der Waals surface area contributed by atoms with E-state index in [1.54, 1.807) is 13.8 Å². The molecule has 1 aromatic heterocycles. The van der Waals surface area contributed by atoms with E-state index in [0.717, 1.165) is 6.42 Å². The van der Waals surface area contributed by atoms with Crippen molar-refractivity contribution < 1.29 is 18.0 Å². The molecule has 1 aromatic rings. The highest BCUT2D eigenvalue weighted by molar-refractivity contribution is 7.88. The molecule has 18 heavy (non-hydrogen) atoms. The number of nitrogens with zero attached hydrogens (tertiary/aromatic N) is 2. The number of rotatable bonds is 4. The number of hydrogen-bond acceptors (Lipinski definition) is 5. The first kappa shape index (κ1) is 13.5. The smallest absolute Gasteiger partial charge is 0.220 e. The Morgan fingerprint density at radius 2 is 2.33 bits per heavy atom. The van der Waals surface area contributed by atoms with Gasteiger partial charge in [0.15, 0.2) is 0 Å². The summed E-state index contributed by atoms with van der Waals surface area (Å²) in [5.41, 5.74) is -0.649. The zero-order valence-electron chi connectivity index (χ0n) is 10.5. The number of aromatic nitrogens is 1. The Bertz CT molecular complexity index is 490. The predicted molar refractivity (Wildman–Crippen MR) is 65.2 cm³/mol. The molecule has 1 aliphatic rings. The number of aliphatic hydroxyl groups is 1. The van der Waals surface area contributed by atoms with Crippen LogP contribution in [0.15, 0.2) is 16.9 Å². The molecular weight excluding hydrogens is 256 g/mol. The first-order chi connectivity index (χ1) is 8.31. The fourth-order valence-electron chi connectivity index (χ4n) is 2.36. The van der Waals surface area contributed by atoms with E-state index in [4.69, 9.17) is 0 Å². The summed E-state index contributed by atoms with van der Waals surface area (Å²) in [6, 6.07) is 1.17. The number of hydrogen-bond donors (Lipinski definition) is 1. The van der Waals surface area contributed by atoms with Gasteiger partial charge in [0.05, 0.1) is 17.3 Å². The van der Waals surface area contributed by atoms with Gasteiger partial charge in [-0.05, 0) is 26.7 Å². The van der Waals surface area contributed by atoms with E-state index < -0.39 is 15.6 Å². The monoisotopic (exact) mass is 274 g/mol. The van der Waals surface area contributed by atoms with Gasteiger partial charge >= 0.3 is 0 Å². The standard InChI is InChI=1S/C11H18N2O4S/c1-11(2,14)10-4-3-6-13(10)18(15,16)8-9-5-7-17-12-9/h5,7,10,14H,3-4,6,8H2,1-2H3. The van der Waals surface area contributed by atoms with E-state index >= 15 is 0 Å². The van der Waals surface area contributed by atoms with E-state index in [0.29, 0.717) is 18.7 Å². The average molecular weight is 274 g/mol. The van der Waals surface area contributed by atoms with Crippen molar-refractivity contribution in [3.8, 4) is 0 Å². The molecule has 1 saturated heterocycles. The van der Waals surface area contributed by atoms with Crippen LogP contribution in [0.1, 0.15) is 32.4 Å². The maximum absolute atomic E-state index is 12.3. The lowest BCUT2D eigenvalue weighted by Gasteiger charge is -2.32. The molecule has 1 unspecified atom stereocenters. The summed E-state index contributed by atoms with van der Waals surface area (Å²) >= 11 is 0. The summed E-state index contributed by atoms with van der Waals surface area (Å²) in [6.07, 6.45) is 2.80. The molecule has 1 fully saturated rings. The van der Waals surface area contributed by atoms with Crippen LogP contribution in [0.5, 0.6) is 0 Å². The van der Waals surface area contributed by atoms with Crippen LogP contribution < -0.4 is 0 Å². The largest absolute Gasteiger partial charge is 0.389 e. The van der Waals surface area contributed by atoms with Crippen LogP contribution in [-0.2, 0) is 15.8 Å². The first-order valence-corrected chi connectivity index (χ1v) is 7.53. The zero-order chi connectivity index (χ0) is 13.4. The summed E-state index contributed by atoms with van der Waals surface area (Å²) in [5, 5.41) is 13.7. The van der Waals surface area contributed by atoms with Crippen LogP contribution in [0.4, 0.5) is 0 Å². The van der Waals surface area contributed by atoms with Crippen molar-refractivity contribution in [1.82, 2.24) is 9.46 Å². The van der Waals surface area contributed by atoms with Crippen molar-refractivity contribution in [2.24, 2.45) is 0 Å². The zero-order valence-corrected chi connectivity index (χ0v) is 11.4. The van der Waals surface area contributed by atoms with Gasteiger partial charge in [0.25, 0.3) is 0 Å². The van der Waals surface area contributed by atoms with E-state index in [-0.39, 0.29) is 11.8 Å². The Hall–Kier alpha value is -0.920. The molecule has 1 N–H and O–H groups in total. The van der Waals surface area contributed by atoms with E-state index in [1.807, 2.05) is 0 Å². The minimum atomic E-state index is -3.46. The minimum Gasteiger partial charge on any atom is -0.389 e. The topological polar surface area (TPSA) is 83.6 Å². The molecule has 102 valence electrons. The molecule has 0 bridgehead atoms. The van der Waals surface area contributed by atoms with Gasteiger partial charge in [-0.25, -0.2) is 8.42 Å². The van der Waals surface area contributed by atoms with Gasteiger partial charge in [-0.3, -0.25) is 0 Å². The molecule has 0 aromatic carbocycles. The third kappa shape index (κ3) is 2.73. The second-order valence-electron chi connectivity index (χ2n) is 5.17. The summed E-state index contributed by atoms with van der Waals surface area (Å²) in [7, 11) is -3.46. The molecule has 7 heteroatoms. The van der Waals surface area contributed by atoms with Crippen LogP contribution in [0.2, 0.25) is 0 Å². The lowest BCUT2D eigenvalue weighted by Crippen LogP contribution is -2.48. The lowest BCUT2D eigenvalue weighted by atomic mass is 9.98. The Kier molecular flexibility index (Phi) is 3.48. The van der Waals surface area contributed by atoms with Gasteiger partial charge in [-0.2, -0.15) is 4.31 Å². The molecule has 1 atom stereocenters. The van der Waals surface area contributed by atoms with Crippen LogP contribution >= 0.6 is 0 Å². The highest BCUT2D eigenvalue weighted by Gasteiger charge is 2.42. The molecular formula is C11H18N2O4S. The average Bonchev–Trinajstić information content (AvgIpc) is 2.82. The van der Waals surface area contributed by atoms with Gasteiger partial charge < -0.3 is 9.63 Å². The number of sulfonamides is 1. The van der Waals surface area contributed by atoms with E-state index in [2.05, 4.69) is 9.68 Å². The second-order valence-corrected chi connectivity index (χ2v) is 7.09. The summed E-state index contributed by atoms with van der Waals surface area (Å²) in [5.74, 6) is -0.184. The minimum absolute atomic E-state index is 0.184. The highest BCUT2D eigenvalue weighted by Crippen LogP contribution is 2.30. The van der Waals surface area contributed by atoms with Crippen molar-refractivity contribution in [2.45, 2.75) is 44.1 Å². The Labute approximate surface area is 107 Å². The summed E-state index contributed by atoms with van der Waals surface area (Å²) in [4.78, 5) is 0. The molecule has 2 heterocycles. The van der Waals surface area contributed by atoms with E-state index in [1.165, 1.54) is 16.6 Å². The highest BCUT2D eigenvalue weighted by atomic mass is 32.2. The van der Waals surface area contributed by atoms with Crippen molar-refractivity contribution in [3.63, 3.8) is 0 Å². The van der Waals surface area contributed by atoms with Gasteiger partial charge in [0, 0.05) is 12.6 Å². The van der Waals surface area contributed by atoms with Crippen LogP contribution in [0.3, 0.4) is 0 Å². The second kappa shape index (κ2) is 4.64.